The highest BCUT2D eigenvalue weighted by Crippen LogP contribution is 2.36. The average Bonchev–Trinajstić information content (AvgIpc) is 3.12. The number of anilines is 2. The van der Waals surface area contributed by atoms with Crippen molar-refractivity contribution >= 4 is 58.8 Å². The highest BCUT2D eigenvalue weighted by molar-refractivity contribution is 6.31. The first-order chi connectivity index (χ1) is 17.1. The summed E-state index contributed by atoms with van der Waals surface area (Å²) < 4.78 is 26.1. The number of nitrogens with one attached hydrogen (secondary N) is 2. The summed E-state index contributed by atoms with van der Waals surface area (Å²) in [5, 5.41) is 7.36. The minimum absolute atomic E-state index is 0. The quantitative estimate of drug-likeness (QED) is 0.335. The standard InChI is InChI=1S/C26H31ClFN5O2.2ClH/c1-34-23-12-22-19(26(31-16-30-22)32-21-7-2-6-20(27)25(21)28)11-24(23)35-10-4-9-33-14-17-5-3-8-29-13-18(17)15-33;;/h2,6-7,11-12,16-18,29H,3-5,8-10,13-15H2,1H3,(H,30,31,32);2*1H/t17-,18+;;/m1../s1. The molecule has 0 aliphatic carbocycles. The monoisotopic (exact) mass is 571 g/mol. The second-order valence-corrected chi connectivity index (χ2v) is 9.70. The van der Waals surface area contributed by atoms with Gasteiger partial charge in [-0.05, 0) is 62.4 Å². The molecule has 11 heteroatoms. The molecule has 2 fully saturated rings. The number of likely N-dealkylation sites (tertiary alicyclic amines) is 1. The SMILES string of the molecule is COc1cc2ncnc(Nc3cccc(Cl)c3F)c2cc1OCCCN1C[C@H]2CCCNC[C@H]2C1.Cl.Cl. The number of hydrogen-bond acceptors (Lipinski definition) is 7. The van der Waals surface area contributed by atoms with Gasteiger partial charge in [0.2, 0.25) is 0 Å². The molecule has 37 heavy (non-hydrogen) atoms. The first kappa shape index (κ1) is 29.5. The second-order valence-electron chi connectivity index (χ2n) is 9.30. The Morgan fingerprint density at radius 2 is 2.00 bits per heavy atom. The van der Waals surface area contributed by atoms with Gasteiger partial charge in [0.25, 0.3) is 0 Å². The molecule has 0 saturated carbocycles. The number of hydrogen-bond donors (Lipinski definition) is 2. The van der Waals surface area contributed by atoms with Crippen LogP contribution in [-0.4, -0.2) is 61.3 Å². The topological polar surface area (TPSA) is 71.5 Å². The molecule has 3 heterocycles. The normalized spacial score (nSPS) is 19.3. The summed E-state index contributed by atoms with van der Waals surface area (Å²) in [5.74, 6) is 2.74. The van der Waals surface area contributed by atoms with Gasteiger partial charge in [0.1, 0.15) is 12.1 Å². The molecule has 7 nitrogen and oxygen atoms in total. The number of benzene rings is 2. The third kappa shape index (κ3) is 6.86. The van der Waals surface area contributed by atoms with Gasteiger partial charge in [0.05, 0.1) is 29.9 Å². The van der Waals surface area contributed by atoms with Crippen LogP contribution in [-0.2, 0) is 0 Å². The Kier molecular flexibility index (Phi) is 10.8. The zero-order valence-corrected chi connectivity index (χ0v) is 23.1. The van der Waals surface area contributed by atoms with Gasteiger partial charge in [-0.25, -0.2) is 14.4 Å². The molecule has 5 rings (SSSR count). The lowest BCUT2D eigenvalue weighted by molar-refractivity contribution is 0.248. The Morgan fingerprint density at radius 1 is 1.16 bits per heavy atom. The smallest absolute Gasteiger partial charge is 0.165 e. The molecule has 0 spiro atoms. The predicted molar refractivity (Wildman–Crippen MR) is 151 cm³/mol. The van der Waals surface area contributed by atoms with Crippen molar-refractivity contribution in [3.05, 3.63) is 47.5 Å². The third-order valence-corrected chi connectivity index (χ3v) is 7.28. The van der Waals surface area contributed by atoms with Gasteiger partial charge in [-0.15, -0.1) is 24.8 Å². The van der Waals surface area contributed by atoms with Gasteiger partial charge in [0.15, 0.2) is 17.3 Å². The largest absolute Gasteiger partial charge is 0.493 e. The lowest BCUT2D eigenvalue weighted by Gasteiger charge is -2.17. The number of rotatable bonds is 8. The lowest BCUT2D eigenvalue weighted by atomic mass is 9.93. The van der Waals surface area contributed by atoms with Crippen LogP contribution in [0.3, 0.4) is 0 Å². The molecule has 2 aliphatic heterocycles. The average molecular weight is 573 g/mol. The van der Waals surface area contributed by atoms with Crippen LogP contribution in [0.5, 0.6) is 11.5 Å². The van der Waals surface area contributed by atoms with Crippen molar-refractivity contribution in [1.82, 2.24) is 20.2 Å². The van der Waals surface area contributed by atoms with Gasteiger partial charge in [-0.3, -0.25) is 0 Å². The predicted octanol–water partition coefficient (Wildman–Crippen LogP) is 5.72. The summed E-state index contributed by atoms with van der Waals surface area (Å²) >= 11 is 5.93. The van der Waals surface area contributed by atoms with Gasteiger partial charge < -0.3 is 25.0 Å². The van der Waals surface area contributed by atoms with Crippen molar-refractivity contribution in [1.29, 1.82) is 0 Å². The van der Waals surface area contributed by atoms with E-state index in [1.165, 1.54) is 38.3 Å². The number of methoxy groups -OCH3 is 1. The van der Waals surface area contributed by atoms with Crippen LogP contribution in [0, 0.1) is 17.7 Å². The highest BCUT2D eigenvalue weighted by Gasteiger charge is 2.32. The molecule has 202 valence electrons. The molecule has 0 bridgehead atoms. The van der Waals surface area contributed by atoms with Crippen LogP contribution in [0.4, 0.5) is 15.9 Å². The fourth-order valence-corrected chi connectivity index (χ4v) is 5.36. The van der Waals surface area contributed by atoms with E-state index >= 15 is 0 Å². The van der Waals surface area contributed by atoms with E-state index in [1.807, 2.05) is 12.1 Å². The lowest BCUT2D eigenvalue weighted by Crippen LogP contribution is -2.27. The third-order valence-electron chi connectivity index (χ3n) is 6.99. The highest BCUT2D eigenvalue weighted by atomic mass is 35.5. The molecule has 2 atom stereocenters. The van der Waals surface area contributed by atoms with E-state index in [2.05, 4.69) is 25.5 Å². The van der Waals surface area contributed by atoms with E-state index in [0.717, 1.165) is 37.9 Å². The number of aromatic nitrogens is 2. The van der Waals surface area contributed by atoms with Crippen LogP contribution >= 0.6 is 36.4 Å². The number of ether oxygens (including phenoxy) is 2. The van der Waals surface area contributed by atoms with E-state index in [1.54, 1.807) is 19.2 Å². The zero-order valence-electron chi connectivity index (χ0n) is 20.7. The molecule has 0 unspecified atom stereocenters. The van der Waals surface area contributed by atoms with Crippen LogP contribution in [0.25, 0.3) is 10.9 Å². The summed E-state index contributed by atoms with van der Waals surface area (Å²) in [6, 6.07) is 8.46. The van der Waals surface area contributed by atoms with Crippen LogP contribution in [0.2, 0.25) is 5.02 Å². The van der Waals surface area contributed by atoms with Crippen LogP contribution in [0.15, 0.2) is 36.7 Å². The summed E-state index contributed by atoms with van der Waals surface area (Å²) in [5.41, 5.74) is 0.909. The zero-order chi connectivity index (χ0) is 24.2. The molecule has 2 aliphatic rings. The second kappa shape index (κ2) is 13.6. The van der Waals surface area contributed by atoms with Crippen molar-refractivity contribution in [2.24, 2.45) is 11.8 Å². The van der Waals surface area contributed by atoms with E-state index in [0.29, 0.717) is 34.8 Å². The molecular formula is C26H33Cl3FN5O2. The summed E-state index contributed by atoms with van der Waals surface area (Å²) in [6.45, 7) is 6.26. The Labute approximate surface area is 234 Å². The van der Waals surface area contributed by atoms with Crippen LogP contribution < -0.4 is 20.1 Å². The van der Waals surface area contributed by atoms with Crippen molar-refractivity contribution in [3.63, 3.8) is 0 Å². The first-order valence-electron chi connectivity index (χ1n) is 12.2. The fraction of sp³-hybridized carbons (Fsp3) is 0.462. The Morgan fingerprint density at radius 3 is 2.84 bits per heavy atom. The Bertz CT molecular complexity index is 1170. The van der Waals surface area contributed by atoms with E-state index in [9.17, 15) is 4.39 Å². The van der Waals surface area contributed by atoms with Gasteiger partial charge in [-0.2, -0.15) is 0 Å². The number of halogens is 4. The molecule has 0 amide bonds. The van der Waals surface area contributed by atoms with E-state index < -0.39 is 5.82 Å². The molecular weight excluding hydrogens is 540 g/mol. The maximum Gasteiger partial charge on any atom is 0.165 e. The van der Waals surface area contributed by atoms with Gasteiger partial charge in [-0.1, -0.05) is 17.7 Å². The van der Waals surface area contributed by atoms with E-state index in [-0.39, 0.29) is 35.5 Å². The van der Waals surface area contributed by atoms with Crippen molar-refractivity contribution in [3.8, 4) is 11.5 Å². The maximum absolute atomic E-state index is 14.4. The molecule has 3 aromatic rings. The molecule has 0 radical (unpaired) electrons. The van der Waals surface area contributed by atoms with Gasteiger partial charge >= 0.3 is 0 Å². The van der Waals surface area contributed by atoms with Crippen molar-refractivity contribution in [2.75, 3.05) is 51.8 Å². The molecule has 2 saturated heterocycles. The minimum atomic E-state index is -0.529. The van der Waals surface area contributed by atoms with Crippen molar-refractivity contribution in [2.45, 2.75) is 19.3 Å². The summed E-state index contributed by atoms with van der Waals surface area (Å²) in [4.78, 5) is 11.2. The summed E-state index contributed by atoms with van der Waals surface area (Å²) in [6.07, 6.45) is 4.97. The first-order valence-corrected chi connectivity index (χ1v) is 12.6. The fourth-order valence-electron chi connectivity index (χ4n) is 5.19. The van der Waals surface area contributed by atoms with E-state index in [4.69, 9.17) is 21.1 Å². The maximum atomic E-state index is 14.4. The van der Waals surface area contributed by atoms with Crippen LogP contribution in [0.1, 0.15) is 19.3 Å². The number of nitrogens with zero attached hydrogens (tertiary/aromatic N) is 3. The number of fused-ring (bicyclic) bond motifs is 2. The summed E-state index contributed by atoms with van der Waals surface area (Å²) in [7, 11) is 1.61. The molecule has 2 aromatic carbocycles. The molecule has 1 aromatic heterocycles. The van der Waals surface area contributed by atoms with Crippen molar-refractivity contribution < 1.29 is 13.9 Å². The molecule has 2 N–H and O–H groups in total. The minimum Gasteiger partial charge on any atom is -0.493 e. The van der Waals surface area contributed by atoms with Gasteiger partial charge in [0, 0.05) is 31.1 Å². The Hall–Kier alpha value is -2.10. The Balaban J connectivity index is 0.00000190.